The Balaban J connectivity index is 2.74. The molecule has 0 spiro atoms. The van der Waals surface area contributed by atoms with Gasteiger partial charge in [-0.2, -0.15) is 0 Å². The van der Waals surface area contributed by atoms with E-state index >= 15 is 0 Å². The molecule has 0 bridgehead atoms. The van der Waals surface area contributed by atoms with Crippen molar-refractivity contribution in [1.29, 1.82) is 0 Å². The number of hydrogen-bond donors (Lipinski definition) is 2. The maximum atomic E-state index is 5.44. The highest BCUT2D eigenvalue weighted by atomic mass is 16.5. The molecule has 0 saturated heterocycles. The molecule has 0 aliphatic rings. The number of ether oxygens (including phenoxy) is 2. The average Bonchev–Trinajstić information content (AvgIpc) is 2.35. The van der Waals surface area contributed by atoms with E-state index in [9.17, 15) is 0 Å². The third kappa shape index (κ3) is 3.91. The van der Waals surface area contributed by atoms with E-state index in [1.54, 1.807) is 14.2 Å². The Morgan fingerprint density at radius 1 is 1.18 bits per heavy atom. The molecule has 17 heavy (non-hydrogen) atoms. The molecule has 0 unspecified atom stereocenters. The topological polar surface area (TPSA) is 56.5 Å². The molecular formula is C13H22N2O2. The summed E-state index contributed by atoms with van der Waals surface area (Å²) < 4.78 is 10.7. The van der Waals surface area contributed by atoms with Crippen LogP contribution < -0.4 is 20.5 Å². The molecule has 0 fully saturated rings. The van der Waals surface area contributed by atoms with Crippen LogP contribution in [0.5, 0.6) is 11.5 Å². The zero-order chi connectivity index (χ0) is 12.7. The van der Waals surface area contributed by atoms with Crippen LogP contribution in [0.3, 0.4) is 0 Å². The van der Waals surface area contributed by atoms with Gasteiger partial charge in [-0.15, -0.1) is 0 Å². The molecule has 1 rings (SSSR count). The summed E-state index contributed by atoms with van der Waals surface area (Å²) in [6, 6.07) is 4.02. The zero-order valence-electron chi connectivity index (χ0n) is 10.9. The lowest BCUT2D eigenvalue weighted by Gasteiger charge is -2.13. The molecule has 0 aliphatic heterocycles. The largest absolute Gasteiger partial charge is 0.496 e. The fourth-order valence-electron chi connectivity index (χ4n) is 1.70. The van der Waals surface area contributed by atoms with Crippen LogP contribution in [0.2, 0.25) is 0 Å². The minimum absolute atomic E-state index is 0.710. The fraction of sp³-hybridized carbons (Fsp3) is 0.538. The van der Waals surface area contributed by atoms with Crippen LogP contribution in [0, 0.1) is 6.92 Å². The molecule has 4 nitrogen and oxygen atoms in total. The Morgan fingerprint density at radius 2 is 1.88 bits per heavy atom. The molecule has 96 valence electrons. The predicted octanol–water partition coefficient (Wildman–Crippen LogP) is 1.45. The minimum atomic E-state index is 0.710. The number of methoxy groups -OCH3 is 2. The summed E-state index contributed by atoms with van der Waals surface area (Å²) in [5.74, 6) is 1.78. The first kappa shape index (κ1) is 13.8. The molecule has 0 atom stereocenters. The molecule has 1 aromatic carbocycles. The standard InChI is InChI=1S/C13H22N2O2/c1-10-7-13(17-3)11(8-12(10)16-2)9-15-6-4-5-14/h7-8,15H,4-6,9,14H2,1-3H3. The lowest BCUT2D eigenvalue weighted by molar-refractivity contribution is 0.394. The summed E-state index contributed by atoms with van der Waals surface area (Å²) >= 11 is 0. The van der Waals surface area contributed by atoms with Crippen LogP contribution in [0.4, 0.5) is 0 Å². The molecular weight excluding hydrogens is 216 g/mol. The van der Waals surface area contributed by atoms with Gasteiger partial charge in [0.05, 0.1) is 14.2 Å². The molecule has 0 aliphatic carbocycles. The SMILES string of the molecule is COc1cc(CNCCCN)c(OC)cc1C. The number of rotatable bonds is 7. The summed E-state index contributed by atoms with van der Waals surface area (Å²) in [5.41, 5.74) is 7.63. The number of hydrogen-bond acceptors (Lipinski definition) is 4. The van der Waals surface area contributed by atoms with Crippen molar-refractivity contribution in [3.63, 3.8) is 0 Å². The number of benzene rings is 1. The normalized spacial score (nSPS) is 10.4. The second kappa shape index (κ2) is 7.14. The molecule has 0 amide bonds. The van der Waals surface area contributed by atoms with Gasteiger partial charge in [-0.05, 0) is 44.1 Å². The summed E-state index contributed by atoms with van der Waals surface area (Å²) in [6.07, 6.45) is 0.977. The van der Waals surface area contributed by atoms with E-state index < -0.39 is 0 Å². The second-order valence-corrected chi connectivity index (χ2v) is 3.95. The molecule has 1 aromatic rings. The van der Waals surface area contributed by atoms with Gasteiger partial charge in [0, 0.05) is 12.1 Å². The van der Waals surface area contributed by atoms with E-state index in [1.165, 1.54) is 0 Å². The second-order valence-electron chi connectivity index (χ2n) is 3.95. The Kier molecular flexibility index (Phi) is 5.80. The van der Waals surface area contributed by atoms with Gasteiger partial charge in [-0.1, -0.05) is 0 Å². The van der Waals surface area contributed by atoms with Gasteiger partial charge in [0.15, 0.2) is 0 Å². The summed E-state index contributed by atoms with van der Waals surface area (Å²) in [4.78, 5) is 0. The van der Waals surface area contributed by atoms with Crippen molar-refractivity contribution in [3.05, 3.63) is 23.3 Å². The Hall–Kier alpha value is -1.26. The third-order valence-corrected chi connectivity index (χ3v) is 2.67. The average molecular weight is 238 g/mol. The lowest BCUT2D eigenvalue weighted by atomic mass is 10.1. The highest BCUT2D eigenvalue weighted by molar-refractivity contribution is 5.45. The van der Waals surface area contributed by atoms with E-state index in [4.69, 9.17) is 15.2 Å². The maximum Gasteiger partial charge on any atom is 0.123 e. The van der Waals surface area contributed by atoms with E-state index in [1.807, 2.05) is 19.1 Å². The zero-order valence-corrected chi connectivity index (χ0v) is 10.9. The van der Waals surface area contributed by atoms with Crippen LogP contribution >= 0.6 is 0 Å². The van der Waals surface area contributed by atoms with Crippen molar-refractivity contribution in [3.8, 4) is 11.5 Å². The van der Waals surface area contributed by atoms with Gasteiger partial charge in [0.2, 0.25) is 0 Å². The van der Waals surface area contributed by atoms with E-state index in [0.29, 0.717) is 6.54 Å². The molecule has 0 saturated carbocycles. The highest BCUT2D eigenvalue weighted by Gasteiger charge is 2.07. The number of nitrogens with one attached hydrogen (secondary N) is 1. The van der Waals surface area contributed by atoms with Crippen molar-refractivity contribution < 1.29 is 9.47 Å². The Labute approximate surface area is 103 Å². The third-order valence-electron chi connectivity index (χ3n) is 2.67. The fourth-order valence-corrected chi connectivity index (χ4v) is 1.70. The smallest absolute Gasteiger partial charge is 0.123 e. The quantitative estimate of drug-likeness (QED) is 0.706. The molecule has 0 aromatic heterocycles. The van der Waals surface area contributed by atoms with Gasteiger partial charge in [0.25, 0.3) is 0 Å². The first-order valence-electron chi connectivity index (χ1n) is 5.85. The Bertz CT molecular complexity index is 354. The number of aryl methyl sites for hydroxylation is 1. The van der Waals surface area contributed by atoms with Crippen molar-refractivity contribution >= 4 is 0 Å². The van der Waals surface area contributed by atoms with E-state index in [0.717, 1.165) is 42.1 Å². The van der Waals surface area contributed by atoms with E-state index in [-0.39, 0.29) is 0 Å². The van der Waals surface area contributed by atoms with Crippen molar-refractivity contribution in [1.82, 2.24) is 5.32 Å². The van der Waals surface area contributed by atoms with Crippen molar-refractivity contribution in [2.75, 3.05) is 27.3 Å². The van der Waals surface area contributed by atoms with Crippen LogP contribution in [-0.2, 0) is 6.54 Å². The van der Waals surface area contributed by atoms with Crippen LogP contribution in [0.15, 0.2) is 12.1 Å². The minimum Gasteiger partial charge on any atom is -0.496 e. The molecule has 3 N–H and O–H groups in total. The monoisotopic (exact) mass is 238 g/mol. The highest BCUT2D eigenvalue weighted by Crippen LogP contribution is 2.27. The van der Waals surface area contributed by atoms with Crippen molar-refractivity contribution in [2.24, 2.45) is 5.73 Å². The molecule has 4 heteroatoms. The lowest BCUT2D eigenvalue weighted by Crippen LogP contribution is -2.18. The van der Waals surface area contributed by atoms with Gasteiger partial charge in [-0.25, -0.2) is 0 Å². The summed E-state index contributed by atoms with van der Waals surface area (Å²) in [7, 11) is 3.37. The van der Waals surface area contributed by atoms with E-state index in [2.05, 4.69) is 5.32 Å². The first-order valence-corrected chi connectivity index (χ1v) is 5.85. The van der Waals surface area contributed by atoms with Gasteiger partial charge in [0.1, 0.15) is 11.5 Å². The van der Waals surface area contributed by atoms with Crippen LogP contribution in [-0.4, -0.2) is 27.3 Å². The van der Waals surface area contributed by atoms with Gasteiger partial charge in [-0.3, -0.25) is 0 Å². The summed E-state index contributed by atoms with van der Waals surface area (Å²) in [6.45, 7) is 4.39. The maximum absolute atomic E-state index is 5.44. The van der Waals surface area contributed by atoms with Crippen molar-refractivity contribution in [2.45, 2.75) is 19.9 Å². The molecule has 0 radical (unpaired) electrons. The summed E-state index contributed by atoms with van der Waals surface area (Å²) in [5, 5.41) is 3.33. The van der Waals surface area contributed by atoms with Crippen LogP contribution in [0.1, 0.15) is 17.5 Å². The van der Waals surface area contributed by atoms with Crippen LogP contribution in [0.25, 0.3) is 0 Å². The predicted molar refractivity (Wildman–Crippen MR) is 69.7 cm³/mol. The van der Waals surface area contributed by atoms with Gasteiger partial charge >= 0.3 is 0 Å². The first-order chi connectivity index (χ1) is 8.22. The number of nitrogens with two attached hydrogens (primary N) is 1. The Morgan fingerprint density at radius 3 is 2.47 bits per heavy atom. The molecule has 0 heterocycles. The van der Waals surface area contributed by atoms with Gasteiger partial charge < -0.3 is 20.5 Å².